The van der Waals surface area contributed by atoms with Crippen LogP contribution >= 0.6 is 0 Å². The molecule has 0 saturated heterocycles. The first-order valence-corrected chi connectivity index (χ1v) is 8.42. The number of rotatable bonds is 4. The third kappa shape index (κ3) is 6.45. The fourth-order valence-electron chi connectivity index (χ4n) is 2.47. The summed E-state index contributed by atoms with van der Waals surface area (Å²) in [4.78, 5) is 20.7. The van der Waals surface area contributed by atoms with E-state index in [2.05, 4.69) is 10.4 Å². The van der Waals surface area contributed by atoms with E-state index in [9.17, 15) is 20.0 Å². The number of aryl methyl sites for hydroxylation is 2. The van der Waals surface area contributed by atoms with Gasteiger partial charge in [0, 0.05) is 0 Å². The third-order valence-corrected chi connectivity index (χ3v) is 4.10. The van der Waals surface area contributed by atoms with Crippen molar-refractivity contribution in [3.8, 4) is 11.5 Å². The number of benzene rings is 2. The summed E-state index contributed by atoms with van der Waals surface area (Å²) in [5.41, 5.74) is 3.32. The summed E-state index contributed by atoms with van der Waals surface area (Å²) in [5, 5.41) is 28.5. The molecule has 0 spiro atoms. The molecule has 7 heteroatoms. The molecular weight excluding hydrogens is 396 g/mol. The number of nitrogens with zero attached hydrogens (tertiary/aromatic N) is 2. The van der Waals surface area contributed by atoms with Crippen LogP contribution < -0.4 is 10.2 Å². The molecule has 2 rings (SSSR count). The molecule has 0 saturated carbocycles. The third-order valence-electron chi connectivity index (χ3n) is 4.10. The van der Waals surface area contributed by atoms with Gasteiger partial charge in [0.1, 0.15) is 11.4 Å². The van der Waals surface area contributed by atoms with Gasteiger partial charge in [-0.05, 0) is 59.3 Å². The summed E-state index contributed by atoms with van der Waals surface area (Å²) < 4.78 is 0. The summed E-state index contributed by atoms with van der Waals surface area (Å²) in [5.74, 6) is 0.238. The Kier molecular flexibility index (Phi) is 9.90. The van der Waals surface area contributed by atoms with E-state index < -0.39 is 0 Å². The largest absolute Gasteiger partial charge is 2.00 e. The van der Waals surface area contributed by atoms with Gasteiger partial charge in [0.05, 0.1) is 0 Å². The summed E-state index contributed by atoms with van der Waals surface area (Å²) >= 11 is 0. The fraction of sp³-hybridized carbons (Fsp3) is 0.400. The van der Waals surface area contributed by atoms with Crippen molar-refractivity contribution in [2.75, 3.05) is 0 Å². The quantitative estimate of drug-likeness (QED) is 0.502. The molecule has 0 aromatic heterocycles. The van der Waals surface area contributed by atoms with E-state index in [1.54, 1.807) is 26.0 Å². The molecule has 2 aromatic carbocycles. The standard InChI is InChI=1S/2C10H13NO2.Cu/c2*1-6(2)8-5-9(11-13)7(3)4-10(8)12;/h2*4-6,12H,1-3H3;/q;;+2/p-2. The topological polar surface area (TPSA) is 105 Å². The minimum Gasteiger partial charge on any atom is -0.872 e. The summed E-state index contributed by atoms with van der Waals surface area (Å²) in [6.45, 7) is 11.1. The van der Waals surface area contributed by atoms with Crippen molar-refractivity contribution in [1.82, 2.24) is 0 Å². The smallest absolute Gasteiger partial charge is 0.872 e. The van der Waals surface area contributed by atoms with E-state index in [0.717, 1.165) is 0 Å². The van der Waals surface area contributed by atoms with Crippen LogP contribution in [-0.2, 0) is 17.1 Å². The number of nitroso groups, excluding NO2 is 2. The van der Waals surface area contributed by atoms with Crippen LogP contribution in [0.1, 0.15) is 61.8 Å². The molecule has 6 nitrogen and oxygen atoms in total. The summed E-state index contributed by atoms with van der Waals surface area (Å²) in [6.07, 6.45) is 0. The minimum atomic E-state index is -0.0140. The van der Waals surface area contributed by atoms with Crippen molar-refractivity contribution in [1.29, 1.82) is 0 Å². The maximum Gasteiger partial charge on any atom is 2.00 e. The Bertz CT molecular complexity index is 738. The van der Waals surface area contributed by atoms with Crippen LogP contribution in [0.2, 0.25) is 0 Å². The van der Waals surface area contributed by atoms with Crippen molar-refractivity contribution >= 4 is 11.4 Å². The van der Waals surface area contributed by atoms with E-state index in [0.29, 0.717) is 33.6 Å². The van der Waals surface area contributed by atoms with Crippen LogP contribution in [0.3, 0.4) is 0 Å². The van der Waals surface area contributed by atoms with Gasteiger partial charge < -0.3 is 10.2 Å². The first-order valence-electron chi connectivity index (χ1n) is 8.42. The molecule has 0 amide bonds. The van der Waals surface area contributed by atoms with Crippen LogP contribution in [0.25, 0.3) is 0 Å². The molecule has 2 aromatic rings. The molecular formula is C20H24CuN2O4. The first-order chi connectivity index (χ1) is 12.1. The van der Waals surface area contributed by atoms with Crippen molar-refractivity contribution in [2.45, 2.75) is 53.4 Å². The van der Waals surface area contributed by atoms with Gasteiger partial charge in [-0.2, -0.15) is 0 Å². The van der Waals surface area contributed by atoms with Gasteiger partial charge in [0.15, 0.2) is 0 Å². The fourth-order valence-corrected chi connectivity index (χ4v) is 2.47. The molecule has 1 radical (unpaired) electrons. The van der Waals surface area contributed by atoms with Gasteiger partial charge in [0.25, 0.3) is 0 Å². The van der Waals surface area contributed by atoms with Crippen LogP contribution in [-0.4, -0.2) is 0 Å². The van der Waals surface area contributed by atoms with E-state index >= 15 is 0 Å². The molecule has 149 valence electrons. The van der Waals surface area contributed by atoms with Gasteiger partial charge >= 0.3 is 17.1 Å². The van der Waals surface area contributed by atoms with Crippen molar-refractivity contribution in [2.24, 2.45) is 10.4 Å². The maximum absolute atomic E-state index is 11.4. The normalized spacial score (nSPS) is 10.1. The zero-order valence-electron chi connectivity index (χ0n) is 16.3. The molecule has 0 aliphatic carbocycles. The average Bonchev–Trinajstić information content (AvgIpc) is 2.55. The van der Waals surface area contributed by atoms with Crippen LogP contribution in [0.5, 0.6) is 11.5 Å². The molecule has 0 heterocycles. The van der Waals surface area contributed by atoms with E-state index in [-0.39, 0.29) is 40.4 Å². The number of hydrogen-bond acceptors (Lipinski definition) is 6. The van der Waals surface area contributed by atoms with Crippen molar-refractivity contribution in [3.05, 3.63) is 56.3 Å². The Morgan fingerprint density at radius 2 is 1.00 bits per heavy atom. The van der Waals surface area contributed by atoms with Gasteiger partial charge in [-0.3, -0.25) is 0 Å². The second-order valence-corrected chi connectivity index (χ2v) is 6.85. The Morgan fingerprint density at radius 3 is 1.22 bits per heavy atom. The van der Waals surface area contributed by atoms with Crippen molar-refractivity contribution in [3.63, 3.8) is 0 Å². The van der Waals surface area contributed by atoms with E-state index in [4.69, 9.17) is 0 Å². The molecule has 27 heavy (non-hydrogen) atoms. The molecule has 0 fully saturated rings. The molecule has 0 bridgehead atoms. The van der Waals surface area contributed by atoms with Gasteiger partial charge in [-0.25, -0.2) is 0 Å². The zero-order valence-corrected chi connectivity index (χ0v) is 17.2. The first kappa shape index (κ1) is 24.8. The van der Waals surface area contributed by atoms with Gasteiger partial charge in [0.2, 0.25) is 0 Å². The second kappa shape index (κ2) is 10.8. The van der Waals surface area contributed by atoms with Crippen molar-refractivity contribution < 1.29 is 27.3 Å². The zero-order chi connectivity index (χ0) is 20.0. The molecule has 0 aliphatic heterocycles. The van der Waals surface area contributed by atoms with E-state index in [1.165, 1.54) is 12.1 Å². The van der Waals surface area contributed by atoms with Crippen LogP contribution in [0, 0.1) is 23.7 Å². The molecule has 0 unspecified atom stereocenters. The Labute approximate surface area is 170 Å². The Morgan fingerprint density at radius 1 is 0.704 bits per heavy atom. The van der Waals surface area contributed by atoms with Gasteiger partial charge in [-0.1, -0.05) is 51.0 Å². The predicted octanol–water partition coefficient (Wildman–Crippen LogP) is 5.18. The average molecular weight is 420 g/mol. The Balaban J connectivity index is 0.000000483. The monoisotopic (exact) mass is 419 g/mol. The van der Waals surface area contributed by atoms with Crippen LogP contribution in [0.4, 0.5) is 11.4 Å². The second-order valence-electron chi connectivity index (χ2n) is 6.85. The van der Waals surface area contributed by atoms with Crippen LogP contribution in [0.15, 0.2) is 34.6 Å². The SMILES string of the molecule is Cc1cc([O-])c(C(C)C)cc1N=O.Cc1cc([O-])c(C(C)C)cc1N=O.[Cu+2]. The molecule has 0 aliphatic rings. The maximum atomic E-state index is 11.4. The number of hydrogen-bond donors (Lipinski definition) is 0. The van der Waals surface area contributed by atoms with Gasteiger partial charge in [-0.15, -0.1) is 21.3 Å². The molecule has 0 N–H and O–H groups in total. The minimum absolute atomic E-state index is 0. The summed E-state index contributed by atoms with van der Waals surface area (Å²) in [6, 6.07) is 6.09. The molecule has 0 atom stereocenters. The summed E-state index contributed by atoms with van der Waals surface area (Å²) in [7, 11) is 0. The van der Waals surface area contributed by atoms with E-state index in [1.807, 2.05) is 27.7 Å². The Hall–Kier alpha value is -2.24. The predicted molar refractivity (Wildman–Crippen MR) is 100 cm³/mol.